The molecule has 0 radical (unpaired) electrons. The molecule has 1 aliphatic heterocycles. The Bertz CT molecular complexity index is 473. The van der Waals surface area contributed by atoms with Gasteiger partial charge in [-0.25, -0.2) is 8.42 Å². The van der Waals surface area contributed by atoms with Crippen LogP contribution in [0.4, 0.5) is 5.82 Å². The van der Waals surface area contributed by atoms with E-state index >= 15 is 0 Å². The SMILES string of the molecule is CC(C)n1nc(N)c2c1CS(=O)(=O)C2. The normalized spacial score (nSPS) is 18.8. The Morgan fingerprint density at radius 3 is 2.64 bits per heavy atom. The van der Waals surface area contributed by atoms with Gasteiger partial charge in [-0.05, 0) is 13.8 Å². The maximum atomic E-state index is 11.4. The van der Waals surface area contributed by atoms with Gasteiger partial charge in [-0.2, -0.15) is 5.10 Å². The molecule has 0 aromatic carbocycles. The summed E-state index contributed by atoms with van der Waals surface area (Å²) in [6, 6.07) is 0.148. The van der Waals surface area contributed by atoms with Crippen molar-refractivity contribution >= 4 is 15.7 Å². The van der Waals surface area contributed by atoms with Gasteiger partial charge in [0.05, 0.1) is 17.2 Å². The van der Waals surface area contributed by atoms with Crippen molar-refractivity contribution in [3.8, 4) is 0 Å². The number of aromatic nitrogens is 2. The third kappa shape index (κ3) is 1.30. The van der Waals surface area contributed by atoms with Crippen molar-refractivity contribution in [3.63, 3.8) is 0 Å². The van der Waals surface area contributed by atoms with Crippen molar-refractivity contribution in [2.45, 2.75) is 31.4 Å². The van der Waals surface area contributed by atoms with Gasteiger partial charge in [-0.15, -0.1) is 0 Å². The number of nitrogens with zero attached hydrogens (tertiary/aromatic N) is 2. The lowest BCUT2D eigenvalue weighted by Gasteiger charge is -2.07. The monoisotopic (exact) mass is 215 g/mol. The summed E-state index contributed by atoms with van der Waals surface area (Å²) in [6.07, 6.45) is 0. The van der Waals surface area contributed by atoms with E-state index in [0.29, 0.717) is 11.4 Å². The third-order valence-corrected chi connectivity index (χ3v) is 3.80. The van der Waals surface area contributed by atoms with Crippen LogP contribution in [0, 0.1) is 0 Å². The average molecular weight is 215 g/mol. The van der Waals surface area contributed by atoms with Gasteiger partial charge >= 0.3 is 0 Å². The van der Waals surface area contributed by atoms with E-state index < -0.39 is 9.84 Å². The van der Waals surface area contributed by atoms with Crippen LogP contribution in [-0.2, 0) is 21.3 Å². The number of fused-ring (bicyclic) bond motifs is 1. The first-order chi connectivity index (χ1) is 6.41. The van der Waals surface area contributed by atoms with Crippen LogP contribution in [-0.4, -0.2) is 18.2 Å². The van der Waals surface area contributed by atoms with Crippen molar-refractivity contribution in [2.75, 3.05) is 5.73 Å². The molecule has 0 aliphatic carbocycles. The molecular weight excluding hydrogens is 202 g/mol. The maximum absolute atomic E-state index is 11.4. The summed E-state index contributed by atoms with van der Waals surface area (Å²) in [5, 5.41) is 4.13. The fourth-order valence-electron chi connectivity index (χ4n) is 1.74. The van der Waals surface area contributed by atoms with Gasteiger partial charge in [0, 0.05) is 11.6 Å². The Labute approximate surface area is 82.8 Å². The summed E-state index contributed by atoms with van der Waals surface area (Å²) in [7, 11) is -2.98. The number of nitrogens with two attached hydrogens (primary N) is 1. The second-order valence-corrected chi connectivity index (χ2v) is 5.95. The fourth-order valence-corrected chi connectivity index (χ4v) is 3.32. The second-order valence-electron chi connectivity index (χ2n) is 3.88. The highest BCUT2D eigenvalue weighted by Crippen LogP contribution is 2.30. The minimum Gasteiger partial charge on any atom is -0.382 e. The molecule has 0 spiro atoms. The second kappa shape index (κ2) is 2.73. The standard InChI is InChI=1S/C8H13N3O2S/c1-5(2)11-7-4-14(12,13)3-6(7)8(9)10-11/h5H,3-4H2,1-2H3,(H2,9,10). The number of anilines is 1. The summed E-state index contributed by atoms with van der Waals surface area (Å²) in [5.41, 5.74) is 7.11. The van der Waals surface area contributed by atoms with Crippen molar-refractivity contribution in [1.29, 1.82) is 0 Å². The van der Waals surface area contributed by atoms with E-state index in [1.807, 2.05) is 13.8 Å². The summed E-state index contributed by atoms with van der Waals surface area (Å²) in [4.78, 5) is 0. The van der Waals surface area contributed by atoms with E-state index in [1.165, 1.54) is 0 Å². The zero-order valence-electron chi connectivity index (χ0n) is 8.19. The molecule has 2 heterocycles. The van der Waals surface area contributed by atoms with Crippen LogP contribution in [0.2, 0.25) is 0 Å². The smallest absolute Gasteiger partial charge is 0.160 e. The highest BCUT2D eigenvalue weighted by atomic mass is 32.2. The Morgan fingerprint density at radius 1 is 1.43 bits per heavy atom. The van der Waals surface area contributed by atoms with E-state index in [9.17, 15) is 8.42 Å². The number of nitrogen functional groups attached to an aromatic ring is 1. The number of sulfone groups is 1. The number of rotatable bonds is 1. The van der Waals surface area contributed by atoms with E-state index in [4.69, 9.17) is 5.73 Å². The molecule has 0 saturated heterocycles. The van der Waals surface area contributed by atoms with Gasteiger partial charge in [0.25, 0.3) is 0 Å². The minimum absolute atomic E-state index is 0.0425. The summed E-state index contributed by atoms with van der Waals surface area (Å²) < 4.78 is 24.5. The molecular formula is C8H13N3O2S. The molecule has 1 aliphatic rings. The van der Waals surface area contributed by atoms with Gasteiger partial charge in [-0.1, -0.05) is 0 Å². The van der Waals surface area contributed by atoms with Crippen molar-refractivity contribution in [3.05, 3.63) is 11.3 Å². The molecule has 14 heavy (non-hydrogen) atoms. The Hall–Kier alpha value is -1.04. The van der Waals surface area contributed by atoms with Crippen LogP contribution in [0.1, 0.15) is 31.1 Å². The molecule has 2 rings (SSSR count). The van der Waals surface area contributed by atoms with Gasteiger partial charge < -0.3 is 5.73 Å². The molecule has 6 heteroatoms. The van der Waals surface area contributed by atoms with Crippen molar-refractivity contribution in [2.24, 2.45) is 0 Å². The number of hydrogen-bond donors (Lipinski definition) is 1. The van der Waals surface area contributed by atoms with Crippen LogP contribution in [0.15, 0.2) is 0 Å². The molecule has 1 aromatic rings. The predicted octanol–water partition coefficient (Wildman–Crippen LogP) is 0.475. The lowest BCUT2D eigenvalue weighted by Crippen LogP contribution is -2.09. The van der Waals surface area contributed by atoms with E-state index in [-0.39, 0.29) is 17.5 Å². The molecule has 0 atom stereocenters. The Kier molecular flexibility index (Phi) is 1.85. The summed E-state index contributed by atoms with van der Waals surface area (Å²) >= 11 is 0. The van der Waals surface area contributed by atoms with Crippen LogP contribution in [0.5, 0.6) is 0 Å². The van der Waals surface area contributed by atoms with E-state index in [2.05, 4.69) is 5.10 Å². The molecule has 0 bridgehead atoms. The van der Waals surface area contributed by atoms with Gasteiger partial charge in [0.15, 0.2) is 9.84 Å². The zero-order chi connectivity index (χ0) is 10.5. The summed E-state index contributed by atoms with van der Waals surface area (Å²) in [5.74, 6) is 0.473. The molecule has 0 amide bonds. The van der Waals surface area contributed by atoms with E-state index in [1.54, 1.807) is 4.68 Å². The zero-order valence-corrected chi connectivity index (χ0v) is 9.00. The first-order valence-electron chi connectivity index (χ1n) is 4.47. The van der Waals surface area contributed by atoms with Crippen LogP contribution >= 0.6 is 0 Å². The largest absolute Gasteiger partial charge is 0.382 e. The van der Waals surface area contributed by atoms with Gasteiger partial charge in [0.2, 0.25) is 0 Å². The average Bonchev–Trinajstić information content (AvgIpc) is 2.47. The lowest BCUT2D eigenvalue weighted by molar-refractivity contribution is 0.517. The molecule has 1 aromatic heterocycles. The Balaban J connectivity index is 2.58. The molecule has 0 unspecified atom stereocenters. The number of hydrogen-bond acceptors (Lipinski definition) is 4. The molecule has 2 N–H and O–H groups in total. The molecule has 78 valence electrons. The fraction of sp³-hybridized carbons (Fsp3) is 0.625. The van der Waals surface area contributed by atoms with Crippen LogP contribution in [0.25, 0.3) is 0 Å². The highest BCUT2D eigenvalue weighted by Gasteiger charge is 2.32. The quantitative estimate of drug-likeness (QED) is 0.738. The third-order valence-electron chi connectivity index (χ3n) is 2.36. The van der Waals surface area contributed by atoms with Crippen molar-refractivity contribution in [1.82, 2.24) is 9.78 Å². The van der Waals surface area contributed by atoms with Gasteiger partial charge in [0.1, 0.15) is 5.82 Å². The molecule has 5 nitrogen and oxygen atoms in total. The topological polar surface area (TPSA) is 78.0 Å². The van der Waals surface area contributed by atoms with Crippen molar-refractivity contribution < 1.29 is 8.42 Å². The van der Waals surface area contributed by atoms with Gasteiger partial charge in [-0.3, -0.25) is 4.68 Å². The predicted molar refractivity (Wildman–Crippen MR) is 53.4 cm³/mol. The maximum Gasteiger partial charge on any atom is 0.160 e. The van der Waals surface area contributed by atoms with E-state index in [0.717, 1.165) is 5.69 Å². The first kappa shape index (κ1) is 9.51. The van der Waals surface area contributed by atoms with Crippen LogP contribution in [0.3, 0.4) is 0 Å². The molecule has 0 saturated carbocycles. The lowest BCUT2D eigenvalue weighted by atomic mass is 10.2. The minimum atomic E-state index is -2.98. The highest BCUT2D eigenvalue weighted by molar-refractivity contribution is 7.90. The Morgan fingerprint density at radius 2 is 2.07 bits per heavy atom. The molecule has 0 fully saturated rings. The van der Waals surface area contributed by atoms with Crippen LogP contribution < -0.4 is 5.73 Å². The first-order valence-corrected chi connectivity index (χ1v) is 6.29. The summed E-state index contributed by atoms with van der Waals surface area (Å²) in [6.45, 7) is 3.91.